The van der Waals surface area contributed by atoms with Gasteiger partial charge in [0.2, 0.25) is 11.0 Å². The molecule has 0 bridgehead atoms. The molecule has 1 amide bonds. The maximum Gasteiger partial charge on any atom is 0.231 e. The third-order valence-corrected chi connectivity index (χ3v) is 5.65. The highest BCUT2D eigenvalue weighted by molar-refractivity contribution is 8.01. The summed E-state index contributed by atoms with van der Waals surface area (Å²) in [6, 6.07) is 19.8. The molecule has 26 heavy (non-hydrogen) atoms. The van der Waals surface area contributed by atoms with Crippen molar-refractivity contribution in [3.05, 3.63) is 71.8 Å². The molecule has 0 saturated heterocycles. The average molecular weight is 385 g/mol. The van der Waals surface area contributed by atoms with Gasteiger partial charge in [0.05, 0.1) is 11.8 Å². The van der Waals surface area contributed by atoms with Crippen LogP contribution in [-0.4, -0.2) is 28.4 Å². The number of aromatic nitrogens is 2. The van der Waals surface area contributed by atoms with Crippen LogP contribution >= 0.6 is 23.1 Å². The van der Waals surface area contributed by atoms with Gasteiger partial charge in [-0.3, -0.25) is 4.79 Å². The number of carbonyl (C=O) groups excluding carboxylic acids is 1. The smallest absolute Gasteiger partial charge is 0.231 e. The van der Waals surface area contributed by atoms with Crippen molar-refractivity contribution in [1.82, 2.24) is 15.5 Å². The molecule has 0 radical (unpaired) electrons. The van der Waals surface area contributed by atoms with Crippen LogP contribution in [0.3, 0.4) is 0 Å². The zero-order chi connectivity index (χ0) is 18.2. The summed E-state index contributed by atoms with van der Waals surface area (Å²) in [6.07, 6.45) is 0. The number of nitrogens with one attached hydrogen (secondary N) is 2. The van der Waals surface area contributed by atoms with Crippen LogP contribution in [0.25, 0.3) is 0 Å². The predicted molar refractivity (Wildman–Crippen MR) is 108 cm³/mol. The molecular formula is C19H20N4OS2. The molecule has 0 fully saturated rings. The molecule has 3 rings (SSSR count). The number of thioether (sulfide) groups is 1. The van der Waals surface area contributed by atoms with Crippen LogP contribution in [-0.2, 0) is 4.79 Å². The number of benzene rings is 2. The second-order valence-corrected chi connectivity index (χ2v) is 7.71. The lowest BCUT2D eigenvalue weighted by atomic mass is 9.99. The Morgan fingerprint density at radius 3 is 2.23 bits per heavy atom. The van der Waals surface area contributed by atoms with E-state index in [1.165, 1.54) is 23.1 Å². The molecule has 0 saturated carbocycles. The highest BCUT2D eigenvalue weighted by Gasteiger charge is 2.17. The summed E-state index contributed by atoms with van der Waals surface area (Å²) in [7, 11) is 0. The lowest BCUT2D eigenvalue weighted by Gasteiger charge is -2.19. The molecule has 2 aromatic carbocycles. The molecular weight excluding hydrogens is 364 g/mol. The summed E-state index contributed by atoms with van der Waals surface area (Å²) in [5.74, 6) is 0.268. The van der Waals surface area contributed by atoms with Gasteiger partial charge in [0.1, 0.15) is 0 Å². The first-order chi connectivity index (χ1) is 12.8. The van der Waals surface area contributed by atoms with Crippen molar-refractivity contribution in [2.24, 2.45) is 0 Å². The van der Waals surface area contributed by atoms with Crippen molar-refractivity contribution in [1.29, 1.82) is 0 Å². The van der Waals surface area contributed by atoms with Crippen LogP contribution < -0.4 is 10.6 Å². The van der Waals surface area contributed by atoms with Crippen LogP contribution in [0.2, 0.25) is 0 Å². The number of anilines is 1. The van der Waals surface area contributed by atoms with E-state index in [2.05, 4.69) is 20.8 Å². The Labute approximate surface area is 161 Å². The number of rotatable bonds is 8. The Hall–Kier alpha value is -2.38. The maximum atomic E-state index is 12.5. The van der Waals surface area contributed by atoms with Gasteiger partial charge in [-0.25, -0.2) is 0 Å². The zero-order valence-electron chi connectivity index (χ0n) is 14.4. The van der Waals surface area contributed by atoms with Crippen LogP contribution in [0.1, 0.15) is 24.1 Å². The molecule has 134 valence electrons. The zero-order valence-corrected chi connectivity index (χ0v) is 16.0. The highest BCUT2D eigenvalue weighted by atomic mass is 32.2. The fourth-order valence-electron chi connectivity index (χ4n) is 2.47. The van der Waals surface area contributed by atoms with Crippen LogP contribution in [0.4, 0.5) is 5.13 Å². The molecule has 0 aliphatic rings. The molecule has 3 aromatic rings. The van der Waals surface area contributed by atoms with Crippen molar-refractivity contribution >= 4 is 34.1 Å². The number of carbonyl (C=O) groups is 1. The first-order valence-corrected chi connectivity index (χ1v) is 10.2. The van der Waals surface area contributed by atoms with E-state index >= 15 is 0 Å². The molecule has 5 nitrogen and oxygen atoms in total. The van der Waals surface area contributed by atoms with Crippen molar-refractivity contribution in [3.8, 4) is 0 Å². The third kappa shape index (κ3) is 5.06. The van der Waals surface area contributed by atoms with Gasteiger partial charge in [-0.05, 0) is 18.1 Å². The Kier molecular flexibility index (Phi) is 6.62. The van der Waals surface area contributed by atoms with Gasteiger partial charge >= 0.3 is 0 Å². The van der Waals surface area contributed by atoms with Crippen LogP contribution in [0, 0.1) is 0 Å². The van der Waals surface area contributed by atoms with Gasteiger partial charge in [0, 0.05) is 6.54 Å². The van der Waals surface area contributed by atoms with E-state index < -0.39 is 0 Å². The largest absolute Gasteiger partial charge is 0.360 e. The lowest BCUT2D eigenvalue weighted by Crippen LogP contribution is -2.30. The molecule has 1 heterocycles. The topological polar surface area (TPSA) is 66.9 Å². The monoisotopic (exact) mass is 384 g/mol. The van der Waals surface area contributed by atoms with E-state index in [0.717, 1.165) is 27.1 Å². The average Bonchev–Trinajstić information content (AvgIpc) is 3.14. The molecule has 2 N–H and O–H groups in total. The summed E-state index contributed by atoms with van der Waals surface area (Å²) in [5, 5.41) is 15.2. The molecule has 1 aromatic heterocycles. The number of hydrogen-bond donors (Lipinski definition) is 2. The van der Waals surface area contributed by atoms with E-state index in [0.29, 0.717) is 5.75 Å². The minimum Gasteiger partial charge on any atom is -0.360 e. The second-order valence-electron chi connectivity index (χ2n) is 5.51. The van der Waals surface area contributed by atoms with Gasteiger partial charge in [0.25, 0.3) is 0 Å². The van der Waals surface area contributed by atoms with Gasteiger partial charge in [-0.1, -0.05) is 83.8 Å². The van der Waals surface area contributed by atoms with Crippen molar-refractivity contribution in [2.45, 2.75) is 17.3 Å². The van der Waals surface area contributed by atoms with E-state index in [1.807, 2.05) is 67.6 Å². The van der Waals surface area contributed by atoms with Crippen molar-refractivity contribution in [3.63, 3.8) is 0 Å². The lowest BCUT2D eigenvalue weighted by molar-refractivity contribution is -0.119. The number of hydrogen-bond acceptors (Lipinski definition) is 6. The van der Waals surface area contributed by atoms with Crippen LogP contribution in [0.15, 0.2) is 65.0 Å². The fraction of sp³-hybridized carbons (Fsp3) is 0.211. The van der Waals surface area contributed by atoms with Gasteiger partial charge < -0.3 is 10.6 Å². The Balaban J connectivity index is 1.65. The van der Waals surface area contributed by atoms with E-state index in [1.54, 1.807) is 0 Å². The maximum absolute atomic E-state index is 12.5. The van der Waals surface area contributed by atoms with Crippen LogP contribution in [0.5, 0.6) is 0 Å². The molecule has 0 unspecified atom stereocenters. The Morgan fingerprint density at radius 2 is 1.65 bits per heavy atom. The summed E-state index contributed by atoms with van der Waals surface area (Å²) < 4.78 is 0.784. The van der Waals surface area contributed by atoms with Gasteiger partial charge in [0.15, 0.2) is 4.34 Å². The van der Waals surface area contributed by atoms with E-state index in [-0.39, 0.29) is 11.9 Å². The summed E-state index contributed by atoms with van der Waals surface area (Å²) in [5.41, 5.74) is 2.12. The van der Waals surface area contributed by atoms with Gasteiger partial charge in [-0.2, -0.15) is 0 Å². The number of amides is 1. The second kappa shape index (κ2) is 9.35. The quantitative estimate of drug-likeness (QED) is 0.575. The fourth-order valence-corrected chi connectivity index (χ4v) is 4.10. The summed E-state index contributed by atoms with van der Waals surface area (Å²) in [6.45, 7) is 2.81. The van der Waals surface area contributed by atoms with Crippen molar-refractivity contribution in [2.75, 3.05) is 17.6 Å². The Bertz CT molecular complexity index is 784. The highest BCUT2D eigenvalue weighted by Crippen LogP contribution is 2.26. The summed E-state index contributed by atoms with van der Waals surface area (Å²) >= 11 is 2.86. The van der Waals surface area contributed by atoms with E-state index in [4.69, 9.17) is 0 Å². The third-order valence-electron chi connectivity index (χ3n) is 3.63. The Morgan fingerprint density at radius 1 is 1.04 bits per heavy atom. The molecule has 7 heteroatoms. The van der Waals surface area contributed by atoms with Gasteiger partial charge in [-0.15, -0.1) is 10.2 Å². The standard InChI is InChI=1S/C19H20N4OS2/c1-2-20-18-22-23-19(26-18)25-13-16(24)21-17(14-9-5-3-6-10-14)15-11-7-4-8-12-15/h3-12,17H,2,13H2,1H3,(H,20,22)(H,21,24). The summed E-state index contributed by atoms with van der Waals surface area (Å²) in [4.78, 5) is 12.5. The molecule has 0 aliphatic heterocycles. The molecule has 0 spiro atoms. The first kappa shape index (κ1) is 18.4. The molecule has 0 atom stereocenters. The molecule has 0 aliphatic carbocycles. The predicted octanol–water partition coefficient (Wildman–Crippen LogP) is 3.97. The normalized spacial score (nSPS) is 10.7. The number of nitrogens with zero attached hydrogens (tertiary/aromatic N) is 2. The SMILES string of the molecule is CCNc1nnc(SCC(=O)NC(c2ccccc2)c2ccccc2)s1. The van der Waals surface area contributed by atoms with Crippen molar-refractivity contribution < 1.29 is 4.79 Å². The minimum absolute atomic E-state index is 0.0343. The first-order valence-electron chi connectivity index (χ1n) is 8.35. The minimum atomic E-state index is -0.169. The van der Waals surface area contributed by atoms with E-state index in [9.17, 15) is 4.79 Å².